The Kier molecular flexibility index (Phi) is 3.63. The summed E-state index contributed by atoms with van der Waals surface area (Å²) >= 11 is 3.45. The molecule has 0 saturated heterocycles. The quantitative estimate of drug-likeness (QED) is 0.891. The zero-order valence-electron chi connectivity index (χ0n) is 11.3. The highest BCUT2D eigenvalue weighted by Crippen LogP contribution is 2.43. The van der Waals surface area contributed by atoms with E-state index in [1.54, 1.807) is 0 Å². The Morgan fingerprint density at radius 1 is 1.19 bits per heavy atom. The summed E-state index contributed by atoms with van der Waals surface area (Å²) in [5.41, 5.74) is 6.61. The summed E-state index contributed by atoms with van der Waals surface area (Å²) in [6.45, 7) is 0. The monoisotopic (exact) mass is 346 g/mol. The molecular weight excluding hydrogens is 332 g/mol. The number of nitrogens with one attached hydrogen (secondary N) is 1. The maximum absolute atomic E-state index is 11.0. The van der Waals surface area contributed by atoms with Crippen molar-refractivity contribution in [3.05, 3.63) is 52.3 Å². The number of benzene rings is 1. The van der Waals surface area contributed by atoms with Gasteiger partial charge in [-0.15, -0.1) is 0 Å². The van der Waals surface area contributed by atoms with E-state index in [2.05, 4.69) is 43.3 Å². The highest BCUT2D eigenvalue weighted by atomic mass is 79.9. The maximum atomic E-state index is 11.0. The van der Waals surface area contributed by atoms with Crippen molar-refractivity contribution >= 4 is 27.8 Å². The molecule has 6 heteroatoms. The molecule has 1 aromatic heterocycles. The van der Waals surface area contributed by atoms with Crippen molar-refractivity contribution in [2.75, 3.05) is 5.32 Å². The van der Waals surface area contributed by atoms with Gasteiger partial charge in [-0.25, -0.2) is 9.97 Å². The Balaban J connectivity index is 1.83. The molecule has 1 saturated carbocycles. The number of anilines is 1. The zero-order chi connectivity index (χ0) is 14.9. The summed E-state index contributed by atoms with van der Waals surface area (Å²) in [5, 5.41) is 3.40. The minimum absolute atomic E-state index is 0.116. The maximum Gasteiger partial charge on any atom is 0.251 e. The average Bonchev–Trinajstić information content (AvgIpc) is 2.44. The molecule has 1 aromatic carbocycles. The van der Waals surface area contributed by atoms with Gasteiger partial charge in [-0.1, -0.05) is 28.1 Å². The minimum Gasteiger partial charge on any atom is -0.366 e. The Morgan fingerprint density at radius 2 is 1.81 bits per heavy atom. The summed E-state index contributed by atoms with van der Waals surface area (Å²) in [6.07, 6.45) is 6.14. The number of aromatic nitrogens is 2. The molecule has 0 spiro atoms. The van der Waals surface area contributed by atoms with E-state index in [1.165, 1.54) is 24.4 Å². The van der Waals surface area contributed by atoms with Gasteiger partial charge in [0.15, 0.2) is 0 Å². The molecule has 0 unspecified atom stereocenters. The Morgan fingerprint density at radius 3 is 2.29 bits per heavy atom. The number of carbonyl (C=O) groups is 1. The molecule has 108 valence electrons. The summed E-state index contributed by atoms with van der Waals surface area (Å²) in [5.74, 6) is -0.00423. The summed E-state index contributed by atoms with van der Waals surface area (Å²) in [7, 11) is 0. The number of primary amides is 1. The molecule has 0 bridgehead atoms. The number of halogens is 1. The van der Waals surface area contributed by atoms with Crippen molar-refractivity contribution in [1.29, 1.82) is 0 Å². The first kappa shape index (κ1) is 14.0. The van der Waals surface area contributed by atoms with E-state index in [-0.39, 0.29) is 5.54 Å². The molecule has 1 amide bonds. The van der Waals surface area contributed by atoms with E-state index < -0.39 is 5.91 Å². The molecule has 3 rings (SSSR count). The van der Waals surface area contributed by atoms with E-state index in [0.717, 1.165) is 17.3 Å². The van der Waals surface area contributed by atoms with Crippen LogP contribution in [0.15, 0.2) is 41.1 Å². The molecule has 1 fully saturated rings. The molecule has 0 atom stereocenters. The molecule has 21 heavy (non-hydrogen) atoms. The molecule has 5 nitrogen and oxygen atoms in total. The number of amides is 1. The van der Waals surface area contributed by atoms with Gasteiger partial charge in [0.2, 0.25) is 5.95 Å². The van der Waals surface area contributed by atoms with Crippen molar-refractivity contribution in [3.8, 4) is 0 Å². The van der Waals surface area contributed by atoms with Crippen molar-refractivity contribution in [3.63, 3.8) is 0 Å². The van der Waals surface area contributed by atoms with Gasteiger partial charge in [0.25, 0.3) is 5.91 Å². The minimum atomic E-state index is -0.521. The van der Waals surface area contributed by atoms with Crippen LogP contribution >= 0.6 is 15.9 Å². The third-order valence-electron chi connectivity index (χ3n) is 3.89. The van der Waals surface area contributed by atoms with Crippen LogP contribution in [-0.4, -0.2) is 15.9 Å². The molecule has 3 N–H and O–H groups in total. The molecule has 0 radical (unpaired) electrons. The van der Waals surface area contributed by atoms with E-state index in [1.807, 2.05) is 12.1 Å². The second-order valence-corrected chi connectivity index (χ2v) is 6.14. The fourth-order valence-electron chi connectivity index (χ4n) is 2.52. The van der Waals surface area contributed by atoms with Crippen molar-refractivity contribution in [1.82, 2.24) is 9.97 Å². The van der Waals surface area contributed by atoms with Crippen LogP contribution in [-0.2, 0) is 5.54 Å². The van der Waals surface area contributed by atoms with E-state index >= 15 is 0 Å². The van der Waals surface area contributed by atoms with Crippen LogP contribution in [0, 0.1) is 0 Å². The van der Waals surface area contributed by atoms with E-state index in [0.29, 0.717) is 11.5 Å². The number of hydrogen-bond acceptors (Lipinski definition) is 4. The van der Waals surface area contributed by atoms with Gasteiger partial charge in [-0.3, -0.25) is 4.79 Å². The third-order valence-corrected chi connectivity index (χ3v) is 4.42. The molecule has 1 heterocycles. The smallest absolute Gasteiger partial charge is 0.251 e. The number of nitrogens with zero attached hydrogens (tertiary/aromatic N) is 2. The number of hydrogen-bond donors (Lipinski definition) is 2. The number of rotatable bonds is 4. The fourth-order valence-corrected chi connectivity index (χ4v) is 2.78. The van der Waals surface area contributed by atoms with Crippen LogP contribution in [0.3, 0.4) is 0 Å². The first-order chi connectivity index (χ1) is 10.1. The molecule has 2 aromatic rings. The lowest BCUT2D eigenvalue weighted by atomic mass is 9.72. The highest BCUT2D eigenvalue weighted by Gasteiger charge is 2.39. The Labute approximate surface area is 131 Å². The second-order valence-electron chi connectivity index (χ2n) is 5.23. The number of carbonyl (C=O) groups excluding carboxylic acids is 1. The number of nitrogens with two attached hydrogens (primary N) is 1. The van der Waals surface area contributed by atoms with Crippen molar-refractivity contribution in [2.45, 2.75) is 24.8 Å². The van der Waals surface area contributed by atoms with E-state index in [9.17, 15) is 4.79 Å². The van der Waals surface area contributed by atoms with Crippen LogP contribution in [0.2, 0.25) is 0 Å². The van der Waals surface area contributed by atoms with Gasteiger partial charge in [-0.2, -0.15) is 0 Å². The zero-order valence-corrected chi connectivity index (χ0v) is 12.9. The fraction of sp³-hybridized carbons (Fsp3) is 0.267. The lowest BCUT2D eigenvalue weighted by molar-refractivity contribution is 0.0999. The molecule has 1 aliphatic carbocycles. The van der Waals surface area contributed by atoms with Gasteiger partial charge < -0.3 is 11.1 Å². The van der Waals surface area contributed by atoms with Crippen LogP contribution < -0.4 is 11.1 Å². The predicted octanol–water partition coefficient (Wildman–Crippen LogP) is 2.83. The molecular formula is C15H15BrN4O. The first-order valence-electron chi connectivity index (χ1n) is 6.75. The lowest BCUT2D eigenvalue weighted by Gasteiger charge is -2.43. The van der Waals surface area contributed by atoms with Gasteiger partial charge >= 0.3 is 0 Å². The summed E-state index contributed by atoms with van der Waals surface area (Å²) in [6, 6.07) is 8.28. The highest BCUT2D eigenvalue weighted by molar-refractivity contribution is 9.10. The van der Waals surface area contributed by atoms with Crippen molar-refractivity contribution in [2.24, 2.45) is 5.73 Å². The lowest BCUT2D eigenvalue weighted by Crippen LogP contribution is -2.42. The van der Waals surface area contributed by atoms with Crippen LogP contribution in [0.4, 0.5) is 5.95 Å². The summed E-state index contributed by atoms with van der Waals surface area (Å²) in [4.78, 5) is 19.4. The topological polar surface area (TPSA) is 80.9 Å². The molecule has 0 aliphatic heterocycles. The largest absolute Gasteiger partial charge is 0.366 e. The second kappa shape index (κ2) is 5.44. The van der Waals surface area contributed by atoms with Gasteiger partial charge in [-0.05, 0) is 37.0 Å². The van der Waals surface area contributed by atoms with E-state index in [4.69, 9.17) is 5.73 Å². The standard InChI is InChI=1S/C15H15BrN4O/c16-12-4-2-11(3-5-12)15(6-1-7-15)20-14-18-8-10(9-19-14)13(17)21/h2-5,8-9H,1,6-7H2,(H2,17,21)(H,18,19,20). The van der Waals surface area contributed by atoms with Gasteiger partial charge in [0.05, 0.1) is 11.1 Å². The van der Waals surface area contributed by atoms with Gasteiger partial charge in [0.1, 0.15) is 0 Å². The van der Waals surface area contributed by atoms with Crippen LogP contribution in [0.1, 0.15) is 35.2 Å². The predicted molar refractivity (Wildman–Crippen MR) is 83.8 cm³/mol. The van der Waals surface area contributed by atoms with Crippen LogP contribution in [0.5, 0.6) is 0 Å². The Bertz CT molecular complexity index is 650. The third kappa shape index (κ3) is 2.76. The SMILES string of the molecule is NC(=O)c1cnc(NC2(c3ccc(Br)cc3)CCC2)nc1. The van der Waals surface area contributed by atoms with Gasteiger partial charge in [0, 0.05) is 16.9 Å². The van der Waals surface area contributed by atoms with Crippen molar-refractivity contribution < 1.29 is 4.79 Å². The molecule has 1 aliphatic rings. The first-order valence-corrected chi connectivity index (χ1v) is 7.54. The van der Waals surface area contributed by atoms with Crippen LogP contribution in [0.25, 0.3) is 0 Å². The average molecular weight is 347 g/mol. The Hall–Kier alpha value is -1.95. The summed E-state index contributed by atoms with van der Waals surface area (Å²) < 4.78 is 1.06. The normalized spacial score (nSPS) is 16.0.